The minimum absolute atomic E-state index is 0.0980. The fourth-order valence-electron chi connectivity index (χ4n) is 4.47. The third kappa shape index (κ3) is 4.29. The van der Waals surface area contributed by atoms with Gasteiger partial charge < -0.3 is 15.0 Å². The predicted molar refractivity (Wildman–Crippen MR) is 129 cm³/mol. The highest BCUT2D eigenvalue weighted by Crippen LogP contribution is 2.32. The molecule has 2 amide bonds. The van der Waals surface area contributed by atoms with Gasteiger partial charge in [0.15, 0.2) is 0 Å². The Labute approximate surface area is 198 Å². The van der Waals surface area contributed by atoms with E-state index in [0.717, 1.165) is 16.5 Å². The summed E-state index contributed by atoms with van der Waals surface area (Å²) in [5, 5.41) is 4.79. The van der Waals surface area contributed by atoms with Crippen LogP contribution in [0.15, 0.2) is 71.6 Å². The summed E-state index contributed by atoms with van der Waals surface area (Å²) in [7, 11) is -3.67. The standard InChI is InChI=1S/C25H25N3O5S/c29-24-15-19(17-28(24)23-10-3-6-18-5-1-2-9-22(18)23)25(30)26-20-7-4-8-21(16-20)34(31,32)27-11-13-33-14-12-27/h1-10,16,19H,11-15,17H2,(H,26,30)/t19-/m1/s1. The molecule has 0 aliphatic carbocycles. The van der Waals surface area contributed by atoms with Crippen molar-refractivity contribution < 1.29 is 22.7 Å². The number of nitrogens with zero attached hydrogens (tertiary/aromatic N) is 2. The molecule has 0 radical (unpaired) electrons. The smallest absolute Gasteiger partial charge is 0.243 e. The Morgan fingerprint density at radius 1 is 0.971 bits per heavy atom. The van der Waals surface area contributed by atoms with Crippen LogP contribution in [0.5, 0.6) is 0 Å². The lowest BCUT2D eigenvalue weighted by Crippen LogP contribution is -2.40. The van der Waals surface area contributed by atoms with Crippen molar-refractivity contribution in [1.29, 1.82) is 0 Å². The molecule has 2 aliphatic rings. The molecule has 1 atom stereocenters. The van der Waals surface area contributed by atoms with Crippen molar-refractivity contribution in [3.05, 3.63) is 66.7 Å². The first-order valence-corrected chi connectivity index (χ1v) is 12.6. The maximum Gasteiger partial charge on any atom is 0.243 e. The molecular weight excluding hydrogens is 454 g/mol. The van der Waals surface area contributed by atoms with Gasteiger partial charge in [-0.25, -0.2) is 8.42 Å². The highest BCUT2D eigenvalue weighted by molar-refractivity contribution is 7.89. The van der Waals surface area contributed by atoms with Gasteiger partial charge in [-0.3, -0.25) is 9.59 Å². The van der Waals surface area contributed by atoms with Gasteiger partial charge in [0.2, 0.25) is 21.8 Å². The number of carbonyl (C=O) groups excluding carboxylic acids is 2. The van der Waals surface area contributed by atoms with Gasteiger partial charge in [-0.2, -0.15) is 4.31 Å². The molecule has 3 aromatic rings. The zero-order valence-corrected chi connectivity index (χ0v) is 19.3. The molecule has 0 spiro atoms. The topological polar surface area (TPSA) is 96.0 Å². The molecule has 9 heteroatoms. The van der Waals surface area contributed by atoms with Gasteiger partial charge in [0.05, 0.1) is 29.7 Å². The average Bonchev–Trinajstić information content (AvgIpc) is 3.26. The molecule has 3 aromatic carbocycles. The second-order valence-electron chi connectivity index (χ2n) is 8.44. The summed E-state index contributed by atoms with van der Waals surface area (Å²) < 4.78 is 32.5. The van der Waals surface area contributed by atoms with E-state index >= 15 is 0 Å². The molecule has 0 unspecified atom stereocenters. The normalized spacial score (nSPS) is 19.5. The van der Waals surface area contributed by atoms with Gasteiger partial charge in [-0.15, -0.1) is 0 Å². The summed E-state index contributed by atoms with van der Waals surface area (Å²) in [5.41, 5.74) is 1.17. The highest BCUT2D eigenvalue weighted by atomic mass is 32.2. The van der Waals surface area contributed by atoms with Gasteiger partial charge in [0.25, 0.3) is 0 Å². The lowest BCUT2D eigenvalue weighted by atomic mass is 10.1. The minimum Gasteiger partial charge on any atom is -0.379 e. The summed E-state index contributed by atoms with van der Waals surface area (Å²) in [6.45, 7) is 1.59. The number of amides is 2. The van der Waals surface area contributed by atoms with E-state index in [1.54, 1.807) is 17.0 Å². The van der Waals surface area contributed by atoms with Crippen LogP contribution in [0.3, 0.4) is 0 Å². The van der Waals surface area contributed by atoms with Crippen molar-refractivity contribution in [3.63, 3.8) is 0 Å². The second-order valence-corrected chi connectivity index (χ2v) is 10.4. The van der Waals surface area contributed by atoms with Crippen molar-refractivity contribution in [3.8, 4) is 0 Å². The maximum atomic E-state index is 13.0. The van der Waals surface area contributed by atoms with Crippen LogP contribution in [-0.4, -0.2) is 57.4 Å². The van der Waals surface area contributed by atoms with Crippen molar-refractivity contribution in [2.45, 2.75) is 11.3 Å². The Hall–Kier alpha value is -3.27. The maximum absolute atomic E-state index is 13.0. The van der Waals surface area contributed by atoms with Crippen molar-refractivity contribution >= 4 is 44.0 Å². The number of nitrogens with one attached hydrogen (secondary N) is 1. The van der Waals surface area contributed by atoms with E-state index < -0.39 is 15.9 Å². The van der Waals surface area contributed by atoms with E-state index in [-0.39, 0.29) is 29.7 Å². The molecule has 0 bridgehead atoms. The van der Waals surface area contributed by atoms with Crippen molar-refractivity contribution in [2.24, 2.45) is 5.92 Å². The fraction of sp³-hybridized carbons (Fsp3) is 0.280. The van der Waals surface area contributed by atoms with Crippen LogP contribution in [0.25, 0.3) is 10.8 Å². The van der Waals surface area contributed by atoms with E-state index in [2.05, 4.69) is 5.32 Å². The number of carbonyl (C=O) groups is 2. The lowest BCUT2D eigenvalue weighted by Gasteiger charge is -2.26. The molecule has 176 valence electrons. The lowest BCUT2D eigenvalue weighted by molar-refractivity contribution is -0.122. The largest absolute Gasteiger partial charge is 0.379 e. The van der Waals surface area contributed by atoms with Crippen LogP contribution in [0, 0.1) is 5.92 Å². The molecular formula is C25H25N3O5S. The Morgan fingerprint density at radius 2 is 1.71 bits per heavy atom. The Bertz CT molecular complexity index is 1350. The summed E-state index contributed by atoms with van der Waals surface area (Å²) in [6, 6.07) is 19.8. The third-order valence-electron chi connectivity index (χ3n) is 6.26. The van der Waals surface area contributed by atoms with E-state index in [9.17, 15) is 18.0 Å². The number of fused-ring (bicyclic) bond motifs is 1. The molecule has 5 rings (SSSR count). The number of hydrogen-bond donors (Lipinski definition) is 1. The van der Waals surface area contributed by atoms with Crippen molar-refractivity contribution in [1.82, 2.24) is 4.31 Å². The number of anilines is 2. The number of morpholine rings is 1. The van der Waals surface area contributed by atoms with E-state index in [1.165, 1.54) is 16.4 Å². The van der Waals surface area contributed by atoms with Crippen LogP contribution in [0.4, 0.5) is 11.4 Å². The fourth-order valence-corrected chi connectivity index (χ4v) is 5.93. The first-order valence-electron chi connectivity index (χ1n) is 11.2. The Balaban J connectivity index is 1.32. The Morgan fingerprint density at radius 3 is 2.53 bits per heavy atom. The monoisotopic (exact) mass is 479 g/mol. The molecule has 2 aliphatic heterocycles. The van der Waals surface area contributed by atoms with E-state index in [4.69, 9.17) is 4.74 Å². The summed E-state index contributed by atoms with van der Waals surface area (Å²) in [5.74, 6) is -0.955. The minimum atomic E-state index is -3.67. The quantitative estimate of drug-likeness (QED) is 0.607. The van der Waals surface area contributed by atoms with Gasteiger partial charge in [-0.1, -0.05) is 42.5 Å². The average molecular weight is 480 g/mol. The molecule has 34 heavy (non-hydrogen) atoms. The summed E-state index contributed by atoms with van der Waals surface area (Å²) in [6.07, 6.45) is 0.0980. The van der Waals surface area contributed by atoms with Crippen LogP contribution < -0.4 is 10.2 Å². The highest BCUT2D eigenvalue weighted by Gasteiger charge is 2.36. The molecule has 8 nitrogen and oxygen atoms in total. The van der Waals surface area contributed by atoms with Gasteiger partial charge in [-0.05, 0) is 29.7 Å². The van der Waals surface area contributed by atoms with Crippen LogP contribution in [0.2, 0.25) is 0 Å². The van der Waals surface area contributed by atoms with Crippen LogP contribution >= 0.6 is 0 Å². The number of hydrogen-bond acceptors (Lipinski definition) is 5. The molecule has 2 saturated heterocycles. The number of rotatable bonds is 5. The summed E-state index contributed by atoms with van der Waals surface area (Å²) in [4.78, 5) is 27.6. The van der Waals surface area contributed by atoms with Gasteiger partial charge in [0, 0.05) is 37.1 Å². The number of ether oxygens (including phenoxy) is 1. The first kappa shape index (κ1) is 22.5. The number of benzene rings is 3. The molecule has 2 heterocycles. The van der Waals surface area contributed by atoms with Gasteiger partial charge >= 0.3 is 0 Å². The zero-order valence-electron chi connectivity index (χ0n) is 18.5. The SMILES string of the molecule is O=C(Nc1cccc(S(=O)(=O)N2CCOCC2)c1)[C@@H]1CC(=O)N(c2cccc3ccccc23)C1. The van der Waals surface area contributed by atoms with Gasteiger partial charge in [0.1, 0.15) is 0 Å². The molecule has 0 saturated carbocycles. The molecule has 0 aromatic heterocycles. The third-order valence-corrected chi connectivity index (χ3v) is 8.16. The molecule has 2 fully saturated rings. The second kappa shape index (κ2) is 9.17. The zero-order chi connectivity index (χ0) is 23.7. The van der Waals surface area contributed by atoms with Crippen LogP contribution in [0.1, 0.15) is 6.42 Å². The van der Waals surface area contributed by atoms with E-state index in [1.807, 2.05) is 42.5 Å². The van der Waals surface area contributed by atoms with Crippen molar-refractivity contribution in [2.75, 3.05) is 43.1 Å². The molecule has 1 N–H and O–H groups in total. The number of sulfonamides is 1. The van der Waals surface area contributed by atoms with Crippen LogP contribution in [-0.2, 0) is 24.3 Å². The first-order chi connectivity index (χ1) is 16.4. The predicted octanol–water partition coefficient (Wildman–Crippen LogP) is 2.85. The van der Waals surface area contributed by atoms with E-state index in [0.29, 0.717) is 32.0 Å². The Kier molecular flexibility index (Phi) is 6.07. The summed E-state index contributed by atoms with van der Waals surface area (Å²) >= 11 is 0.